The Morgan fingerprint density at radius 3 is 2.30 bits per heavy atom. The van der Waals surface area contributed by atoms with Crippen molar-refractivity contribution in [1.82, 2.24) is 0 Å². The Morgan fingerprint density at radius 1 is 1.30 bits per heavy atom. The number of nitrogens with one attached hydrogen (secondary N) is 1. The average Bonchev–Trinajstić information content (AvgIpc) is 1.89. The maximum atomic E-state index is 5.38. The van der Waals surface area contributed by atoms with Gasteiger partial charge in [-0.25, -0.2) is 0 Å². The molecule has 0 heterocycles. The first kappa shape index (κ1) is 9.60. The van der Waals surface area contributed by atoms with Crippen LogP contribution in [0.2, 0.25) is 0 Å². The average molecular weight is 178 g/mol. The van der Waals surface area contributed by atoms with E-state index in [1.165, 1.54) is 0 Å². The third kappa shape index (κ3) is 2.09. The standard InChI is InChI=1S/C7H8ClN.ClH/c1-6-4-2-3-5-7(6)9-8;/h2-5,9H,1H3;1H. The van der Waals surface area contributed by atoms with Crippen molar-refractivity contribution in [1.29, 1.82) is 0 Å². The minimum atomic E-state index is 0. The largest absolute Gasteiger partial charge is 0.298 e. The van der Waals surface area contributed by atoms with Gasteiger partial charge in [-0.15, -0.1) is 12.4 Å². The summed E-state index contributed by atoms with van der Waals surface area (Å²) in [5.74, 6) is 0. The van der Waals surface area contributed by atoms with Gasteiger partial charge in [-0.2, -0.15) is 0 Å². The van der Waals surface area contributed by atoms with Crippen molar-refractivity contribution in [3.63, 3.8) is 0 Å². The van der Waals surface area contributed by atoms with Crippen LogP contribution in [0.5, 0.6) is 0 Å². The first-order valence-electron chi connectivity index (χ1n) is 2.77. The van der Waals surface area contributed by atoms with Crippen molar-refractivity contribution in [3.8, 4) is 0 Å². The summed E-state index contributed by atoms with van der Waals surface area (Å²) in [6.45, 7) is 2.00. The van der Waals surface area contributed by atoms with Crippen LogP contribution in [0.3, 0.4) is 0 Å². The summed E-state index contributed by atoms with van der Waals surface area (Å²) in [5.41, 5.74) is 2.13. The van der Waals surface area contributed by atoms with Crippen LogP contribution in [-0.2, 0) is 0 Å². The molecule has 1 aromatic carbocycles. The Balaban J connectivity index is 0.000000810. The highest BCUT2D eigenvalue weighted by Gasteiger charge is 1.89. The van der Waals surface area contributed by atoms with Crippen LogP contribution in [0.1, 0.15) is 5.56 Å². The van der Waals surface area contributed by atoms with Crippen molar-refractivity contribution in [2.45, 2.75) is 6.92 Å². The highest BCUT2D eigenvalue weighted by Crippen LogP contribution is 2.12. The topological polar surface area (TPSA) is 12.0 Å². The van der Waals surface area contributed by atoms with Crippen LogP contribution >= 0.6 is 24.2 Å². The van der Waals surface area contributed by atoms with Gasteiger partial charge in [0.2, 0.25) is 0 Å². The van der Waals surface area contributed by atoms with Gasteiger partial charge in [0.15, 0.2) is 0 Å². The molecule has 1 aromatic rings. The molecule has 0 fully saturated rings. The monoisotopic (exact) mass is 177 g/mol. The molecule has 0 bridgehead atoms. The molecule has 0 aliphatic rings. The van der Waals surface area contributed by atoms with Crippen molar-refractivity contribution in [2.75, 3.05) is 4.84 Å². The molecule has 1 nitrogen and oxygen atoms in total. The number of hydrogen-bond acceptors (Lipinski definition) is 1. The summed E-state index contributed by atoms with van der Waals surface area (Å²) >= 11 is 5.38. The number of rotatable bonds is 1. The highest BCUT2D eigenvalue weighted by atomic mass is 35.5. The van der Waals surface area contributed by atoms with E-state index in [4.69, 9.17) is 11.8 Å². The number of aryl methyl sites for hydroxylation is 1. The predicted molar refractivity (Wildman–Crippen MR) is 47.9 cm³/mol. The van der Waals surface area contributed by atoms with Crippen molar-refractivity contribution in [2.24, 2.45) is 0 Å². The lowest BCUT2D eigenvalue weighted by molar-refractivity contribution is 1.47. The summed E-state index contributed by atoms with van der Waals surface area (Å²) in [4.78, 5) is 2.57. The molecule has 0 atom stereocenters. The van der Waals surface area contributed by atoms with Crippen LogP contribution < -0.4 is 4.84 Å². The van der Waals surface area contributed by atoms with E-state index in [-0.39, 0.29) is 12.4 Å². The minimum Gasteiger partial charge on any atom is -0.298 e. The van der Waals surface area contributed by atoms with Gasteiger partial charge >= 0.3 is 0 Å². The zero-order valence-corrected chi connectivity index (χ0v) is 7.17. The maximum Gasteiger partial charge on any atom is 0.0520 e. The fraction of sp³-hybridized carbons (Fsp3) is 0.143. The first-order chi connectivity index (χ1) is 4.34. The summed E-state index contributed by atoms with van der Waals surface area (Å²) in [6.07, 6.45) is 0. The summed E-state index contributed by atoms with van der Waals surface area (Å²) in [5, 5.41) is 0. The molecule has 1 rings (SSSR count). The van der Waals surface area contributed by atoms with Gasteiger partial charge in [-0.3, -0.25) is 4.84 Å². The molecule has 0 unspecified atom stereocenters. The van der Waals surface area contributed by atoms with Crippen LogP contribution in [0.4, 0.5) is 5.69 Å². The molecule has 56 valence electrons. The van der Waals surface area contributed by atoms with Gasteiger partial charge in [0.1, 0.15) is 0 Å². The fourth-order valence-corrected chi connectivity index (χ4v) is 0.891. The van der Waals surface area contributed by atoms with Crippen molar-refractivity contribution >= 4 is 29.9 Å². The highest BCUT2D eigenvalue weighted by molar-refractivity contribution is 6.24. The molecule has 0 saturated carbocycles. The molecule has 3 heteroatoms. The second-order valence-electron chi connectivity index (χ2n) is 1.91. The van der Waals surface area contributed by atoms with Gasteiger partial charge < -0.3 is 0 Å². The Labute approximate surface area is 71.9 Å². The molecule has 10 heavy (non-hydrogen) atoms. The number of para-hydroxylation sites is 1. The first-order valence-corrected chi connectivity index (χ1v) is 3.14. The molecule has 1 N–H and O–H groups in total. The summed E-state index contributed by atoms with van der Waals surface area (Å²) in [6, 6.07) is 7.86. The number of hydrogen-bond donors (Lipinski definition) is 1. The zero-order valence-electron chi connectivity index (χ0n) is 5.60. The second-order valence-corrected chi connectivity index (χ2v) is 2.10. The van der Waals surface area contributed by atoms with Gasteiger partial charge in [0, 0.05) is 11.8 Å². The number of benzene rings is 1. The lowest BCUT2D eigenvalue weighted by atomic mass is 10.2. The van der Waals surface area contributed by atoms with E-state index in [9.17, 15) is 0 Å². The third-order valence-corrected chi connectivity index (χ3v) is 1.45. The molecular formula is C7H9Cl2N. The Hall–Kier alpha value is -0.400. The smallest absolute Gasteiger partial charge is 0.0520 e. The van der Waals surface area contributed by atoms with Crippen LogP contribution in [0, 0.1) is 6.92 Å². The minimum absolute atomic E-state index is 0. The number of anilines is 1. The van der Waals surface area contributed by atoms with Gasteiger partial charge in [-0.05, 0) is 18.6 Å². The zero-order chi connectivity index (χ0) is 6.69. The van der Waals surface area contributed by atoms with Crippen LogP contribution in [0.25, 0.3) is 0 Å². The molecule has 0 radical (unpaired) electrons. The van der Waals surface area contributed by atoms with Crippen LogP contribution in [0.15, 0.2) is 24.3 Å². The van der Waals surface area contributed by atoms with E-state index in [1.807, 2.05) is 31.2 Å². The Morgan fingerprint density at radius 2 is 1.90 bits per heavy atom. The summed E-state index contributed by atoms with van der Waals surface area (Å²) in [7, 11) is 0. The Kier molecular flexibility index (Phi) is 4.24. The summed E-state index contributed by atoms with van der Waals surface area (Å²) < 4.78 is 0. The van der Waals surface area contributed by atoms with Gasteiger partial charge in [-0.1, -0.05) is 18.2 Å². The van der Waals surface area contributed by atoms with Crippen molar-refractivity contribution in [3.05, 3.63) is 29.8 Å². The molecule has 0 aliphatic heterocycles. The molecule has 0 aromatic heterocycles. The number of halogens is 2. The lowest BCUT2D eigenvalue weighted by Gasteiger charge is -1.99. The van der Waals surface area contributed by atoms with E-state index in [0.29, 0.717) is 0 Å². The normalized spacial score (nSPS) is 8.20. The van der Waals surface area contributed by atoms with E-state index in [2.05, 4.69) is 4.84 Å². The molecular weight excluding hydrogens is 169 g/mol. The lowest BCUT2D eigenvalue weighted by Crippen LogP contribution is -1.82. The van der Waals surface area contributed by atoms with Crippen molar-refractivity contribution < 1.29 is 0 Å². The quantitative estimate of drug-likeness (QED) is 0.651. The third-order valence-electron chi connectivity index (χ3n) is 1.25. The maximum absolute atomic E-state index is 5.38. The van der Waals surface area contributed by atoms with E-state index >= 15 is 0 Å². The molecule has 0 amide bonds. The fourth-order valence-electron chi connectivity index (χ4n) is 0.679. The second kappa shape index (κ2) is 4.42. The van der Waals surface area contributed by atoms with E-state index < -0.39 is 0 Å². The van der Waals surface area contributed by atoms with Crippen LogP contribution in [-0.4, -0.2) is 0 Å². The Bertz CT molecular complexity index is 201. The molecule has 0 spiro atoms. The predicted octanol–water partition coefficient (Wildman–Crippen LogP) is 2.98. The molecule has 0 saturated heterocycles. The SMILES string of the molecule is Cc1ccccc1NCl.Cl. The van der Waals surface area contributed by atoms with Gasteiger partial charge in [0.05, 0.1) is 5.69 Å². The van der Waals surface area contributed by atoms with Gasteiger partial charge in [0.25, 0.3) is 0 Å². The van der Waals surface area contributed by atoms with E-state index in [0.717, 1.165) is 11.3 Å². The van der Waals surface area contributed by atoms with E-state index in [1.54, 1.807) is 0 Å². The molecule has 0 aliphatic carbocycles.